The molecule has 3 aromatic rings. The zero-order chi connectivity index (χ0) is 14.4. The Morgan fingerprint density at radius 3 is 2.50 bits per heavy atom. The van der Waals surface area contributed by atoms with Crippen LogP contribution in [-0.4, -0.2) is 9.91 Å². The van der Waals surface area contributed by atoms with Gasteiger partial charge in [-0.15, -0.1) is 0 Å². The maximum absolute atomic E-state index is 12.0. The Hall–Kier alpha value is -2.11. The van der Waals surface area contributed by atoms with Gasteiger partial charge in [-0.25, -0.2) is 0 Å². The number of aromatic amines is 1. The van der Waals surface area contributed by atoms with E-state index in [1.54, 1.807) is 12.1 Å². The molecule has 1 heterocycles. The van der Waals surface area contributed by atoms with E-state index in [-0.39, 0.29) is 16.3 Å². The molecule has 20 heavy (non-hydrogen) atoms. The Balaban J connectivity index is 2.55. The van der Waals surface area contributed by atoms with Crippen molar-refractivity contribution in [1.82, 2.24) is 4.98 Å². The first-order valence-corrected chi connectivity index (χ1v) is 6.32. The average molecular weight is 309 g/mol. The number of nitro groups is 1. The van der Waals surface area contributed by atoms with Crippen LogP contribution >= 0.6 is 23.2 Å². The molecule has 0 radical (unpaired) electrons. The summed E-state index contributed by atoms with van der Waals surface area (Å²) in [5, 5.41) is 12.9. The molecule has 0 amide bonds. The SMILES string of the molecule is O=c1[nH]c2cc(Cl)c([N+](=O)[O-])cc2c2ccc(Cl)cc12. The molecule has 0 spiro atoms. The maximum Gasteiger partial charge on any atom is 0.288 e. The van der Waals surface area contributed by atoms with E-state index in [1.807, 2.05) is 0 Å². The molecule has 0 atom stereocenters. The van der Waals surface area contributed by atoms with Crippen molar-refractivity contribution in [3.8, 4) is 0 Å². The highest BCUT2D eigenvalue weighted by molar-refractivity contribution is 6.34. The number of halogens is 2. The minimum absolute atomic E-state index is 0.0218. The minimum Gasteiger partial charge on any atom is -0.321 e. The molecule has 0 aliphatic heterocycles. The Morgan fingerprint density at radius 1 is 1.05 bits per heavy atom. The Kier molecular flexibility index (Phi) is 2.88. The predicted octanol–water partition coefficient (Wildman–Crippen LogP) is 3.90. The fraction of sp³-hybridized carbons (Fsp3) is 0. The molecular weight excluding hydrogens is 303 g/mol. The van der Waals surface area contributed by atoms with Crippen molar-refractivity contribution in [2.75, 3.05) is 0 Å². The van der Waals surface area contributed by atoms with Crippen LogP contribution in [0.4, 0.5) is 5.69 Å². The van der Waals surface area contributed by atoms with E-state index in [0.29, 0.717) is 26.7 Å². The molecule has 0 fully saturated rings. The van der Waals surface area contributed by atoms with Crippen LogP contribution in [0.25, 0.3) is 21.7 Å². The number of aromatic nitrogens is 1. The molecule has 1 aromatic heterocycles. The molecular formula is C13H6Cl2N2O3. The Morgan fingerprint density at radius 2 is 1.80 bits per heavy atom. The third-order valence-electron chi connectivity index (χ3n) is 3.05. The summed E-state index contributed by atoms with van der Waals surface area (Å²) in [5.41, 5.74) is -0.0807. The van der Waals surface area contributed by atoms with Gasteiger partial charge in [-0.3, -0.25) is 14.9 Å². The number of nitrogens with zero attached hydrogens (tertiary/aromatic N) is 1. The van der Waals surface area contributed by atoms with Crippen molar-refractivity contribution in [2.45, 2.75) is 0 Å². The van der Waals surface area contributed by atoms with Gasteiger partial charge in [-0.1, -0.05) is 29.3 Å². The Bertz CT molecular complexity index is 934. The van der Waals surface area contributed by atoms with Gasteiger partial charge in [0.1, 0.15) is 5.02 Å². The van der Waals surface area contributed by atoms with Crippen molar-refractivity contribution in [3.05, 3.63) is 60.8 Å². The van der Waals surface area contributed by atoms with Crippen molar-refractivity contribution in [1.29, 1.82) is 0 Å². The highest BCUT2D eigenvalue weighted by Gasteiger charge is 2.16. The molecule has 0 saturated carbocycles. The lowest BCUT2D eigenvalue weighted by Crippen LogP contribution is -2.06. The van der Waals surface area contributed by atoms with Gasteiger partial charge in [-0.05, 0) is 23.6 Å². The van der Waals surface area contributed by atoms with Crippen LogP contribution in [0.5, 0.6) is 0 Å². The van der Waals surface area contributed by atoms with E-state index >= 15 is 0 Å². The topological polar surface area (TPSA) is 76.0 Å². The summed E-state index contributed by atoms with van der Waals surface area (Å²) < 4.78 is 0. The number of hydrogen-bond donors (Lipinski definition) is 1. The number of H-pyrrole nitrogens is 1. The third kappa shape index (κ3) is 1.92. The predicted molar refractivity (Wildman–Crippen MR) is 78.7 cm³/mol. The van der Waals surface area contributed by atoms with Crippen molar-refractivity contribution in [2.24, 2.45) is 0 Å². The van der Waals surface area contributed by atoms with Gasteiger partial charge in [-0.2, -0.15) is 0 Å². The lowest BCUT2D eigenvalue weighted by atomic mass is 10.1. The monoisotopic (exact) mass is 308 g/mol. The van der Waals surface area contributed by atoms with Crippen LogP contribution in [-0.2, 0) is 0 Å². The molecule has 7 heteroatoms. The highest BCUT2D eigenvalue weighted by atomic mass is 35.5. The van der Waals surface area contributed by atoms with Gasteiger partial charge in [0.15, 0.2) is 0 Å². The summed E-state index contributed by atoms with van der Waals surface area (Å²) in [6.07, 6.45) is 0. The van der Waals surface area contributed by atoms with Gasteiger partial charge in [0.2, 0.25) is 0 Å². The number of fused-ring (bicyclic) bond motifs is 3. The number of nitro benzene ring substituents is 1. The summed E-state index contributed by atoms with van der Waals surface area (Å²) in [7, 11) is 0. The smallest absolute Gasteiger partial charge is 0.288 e. The molecule has 0 saturated heterocycles. The van der Waals surface area contributed by atoms with Gasteiger partial charge in [0, 0.05) is 21.9 Å². The molecule has 2 aromatic carbocycles. The van der Waals surface area contributed by atoms with Gasteiger partial charge < -0.3 is 4.98 Å². The van der Waals surface area contributed by atoms with Crippen molar-refractivity contribution < 1.29 is 4.92 Å². The van der Waals surface area contributed by atoms with Crippen LogP contribution in [0.2, 0.25) is 10.0 Å². The number of rotatable bonds is 1. The zero-order valence-electron chi connectivity index (χ0n) is 9.81. The summed E-state index contributed by atoms with van der Waals surface area (Å²) in [6, 6.07) is 7.54. The molecule has 100 valence electrons. The summed E-state index contributed by atoms with van der Waals surface area (Å²) in [4.78, 5) is 25.0. The minimum atomic E-state index is -0.561. The number of nitrogens with one attached hydrogen (secondary N) is 1. The highest BCUT2D eigenvalue weighted by Crippen LogP contribution is 2.32. The van der Waals surface area contributed by atoms with Crippen LogP contribution in [0.1, 0.15) is 0 Å². The van der Waals surface area contributed by atoms with Crippen LogP contribution in [0.3, 0.4) is 0 Å². The van der Waals surface area contributed by atoms with E-state index < -0.39 is 4.92 Å². The summed E-state index contributed by atoms with van der Waals surface area (Å²) in [5.74, 6) is 0. The van der Waals surface area contributed by atoms with Crippen LogP contribution in [0.15, 0.2) is 35.1 Å². The lowest BCUT2D eigenvalue weighted by Gasteiger charge is -2.05. The van der Waals surface area contributed by atoms with Crippen molar-refractivity contribution in [3.63, 3.8) is 0 Å². The van der Waals surface area contributed by atoms with E-state index in [9.17, 15) is 14.9 Å². The normalized spacial score (nSPS) is 11.1. The van der Waals surface area contributed by atoms with E-state index in [4.69, 9.17) is 23.2 Å². The zero-order valence-corrected chi connectivity index (χ0v) is 11.3. The summed E-state index contributed by atoms with van der Waals surface area (Å²) in [6.45, 7) is 0. The number of benzene rings is 2. The fourth-order valence-corrected chi connectivity index (χ4v) is 2.56. The first kappa shape index (κ1) is 12.9. The summed E-state index contributed by atoms with van der Waals surface area (Å²) >= 11 is 11.7. The molecule has 0 aliphatic rings. The fourth-order valence-electron chi connectivity index (χ4n) is 2.16. The largest absolute Gasteiger partial charge is 0.321 e. The quantitative estimate of drug-likeness (QED) is 0.421. The lowest BCUT2D eigenvalue weighted by molar-refractivity contribution is -0.384. The van der Waals surface area contributed by atoms with Crippen LogP contribution < -0.4 is 5.56 Å². The van der Waals surface area contributed by atoms with Gasteiger partial charge in [0.25, 0.3) is 11.2 Å². The standard InChI is InChI=1S/C13H6Cl2N2O3/c14-6-1-2-7-8-4-12(17(19)20)10(15)5-11(8)16-13(18)9(7)3-6/h1-5H,(H,16,18). The Labute approximate surface area is 121 Å². The van der Waals surface area contributed by atoms with Crippen molar-refractivity contribution >= 4 is 50.6 Å². The van der Waals surface area contributed by atoms with E-state index in [0.717, 1.165) is 0 Å². The first-order chi connectivity index (χ1) is 9.47. The maximum atomic E-state index is 12.0. The van der Waals surface area contributed by atoms with E-state index in [2.05, 4.69) is 4.98 Å². The van der Waals surface area contributed by atoms with Gasteiger partial charge >= 0.3 is 0 Å². The first-order valence-electron chi connectivity index (χ1n) is 5.56. The molecule has 0 unspecified atom stereocenters. The number of hydrogen-bond acceptors (Lipinski definition) is 3. The third-order valence-corrected chi connectivity index (χ3v) is 3.59. The molecule has 3 rings (SSSR count). The average Bonchev–Trinajstić information content (AvgIpc) is 2.38. The molecule has 1 N–H and O–H groups in total. The molecule has 0 bridgehead atoms. The van der Waals surface area contributed by atoms with Gasteiger partial charge in [0.05, 0.1) is 10.4 Å². The van der Waals surface area contributed by atoms with Crippen LogP contribution in [0, 0.1) is 10.1 Å². The molecule has 5 nitrogen and oxygen atoms in total. The second-order valence-electron chi connectivity index (χ2n) is 4.25. The van der Waals surface area contributed by atoms with E-state index in [1.165, 1.54) is 18.2 Å². The second-order valence-corrected chi connectivity index (χ2v) is 5.09. The second kappa shape index (κ2) is 4.47. The molecule has 0 aliphatic carbocycles. The number of pyridine rings is 1.